The van der Waals surface area contributed by atoms with Crippen LogP contribution in [0.5, 0.6) is 23.5 Å². The first-order valence-electron chi connectivity index (χ1n) is 39.9. The molecule has 6 fully saturated rings. The van der Waals surface area contributed by atoms with Crippen LogP contribution in [-0.2, 0) is 67.9 Å². The average molecular weight is 1630 g/mol. The first-order valence-corrected chi connectivity index (χ1v) is 43.8. The highest BCUT2D eigenvalue weighted by Crippen LogP contribution is 2.59. The molecule has 8 aliphatic rings. The fourth-order valence-corrected chi connectivity index (χ4v) is 19.8. The van der Waals surface area contributed by atoms with Gasteiger partial charge in [0.05, 0.1) is 83.4 Å². The highest BCUT2D eigenvalue weighted by atomic mass is 35.5. The number of Topliss-reactive ketones (excluding diaryl/α,β-unsaturated/α-hetero) is 2. The summed E-state index contributed by atoms with van der Waals surface area (Å²) >= 11 is 13.2. The quantitative estimate of drug-likeness (QED) is 0.0690. The van der Waals surface area contributed by atoms with Crippen LogP contribution in [0.15, 0.2) is 72.8 Å². The minimum absolute atomic E-state index is 0.0138. The van der Waals surface area contributed by atoms with E-state index in [-0.39, 0.29) is 134 Å². The van der Waals surface area contributed by atoms with Gasteiger partial charge in [-0.25, -0.2) is 16.8 Å². The number of pyridine rings is 2. The number of benzene rings is 2. The van der Waals surface area contributed by atoms with E-state index in [9.17, 15) is 55.2 Å². The van der Waals surface area contributed by atoms with Crippen LogP contribution in [0, 0.1) is 58.2 Å². The topological polar surface area (TPSA) is 317 Å². The van der Waals surface area contributed by atoms with Crippen LogP contribution in [0.4, 0.5) is 0 Å². The summed E-state index contributed by atoms with van der Waals surface area (Å²) < 4.78 is 92.8. The molecule has 4 aliphatic carbocycles. The van der Waals surface area contributed by atoms with E-state index in [1.165, 1.54) is 9.80 Å². The van der Waals surface area contributed by atoms with Crippen molar-refractivity contribution in [1.29, 1.82) is 0 Å². The van der Waals surface area contributed by atoms with Gasteiger partial charge in [0.2, 0.25) is 67.2 Å². The Kier molecular flexibility index (Phi) is 26.1. The van der Waals surface area contributed by atoms with Crippen molar-refractivity contribution in [1.82, 2.24) is 29.2 Å². The Morgan fingerprint density at radius 3 is 1.25 bits per heavy atom. The molecule has 4 aromatic rings. The summed E-state index contributed by atoms with van der Waals surface area (Å²) in [5.74, 6) is -5.10. The van der Waals surface area contributed by atoms with Crippen LogP contribution in [-0.4, -0.2) is 155 Å². The third kappa shape index (κ3) is 21.0. The normalized spacial score (nSPS) is 29.5. The number of amides is 4. The summed E-state index contributed by atoms with van der Waals surface area (Å²) in [7, 11) is -7.74. The zero-order valence-corrected chi connectivity index (χ0v) is 70.2. The lowest BCUT2D eigenvalue weighted by Gasteiger charge is -2.32. The lowest BCUT2D eigenvalue weighted by Crippen LogP contribution is -2.47. The Hall–Kier alpha value is -7.42. The van der Waals surface area contributed by atoms with E-state index in [1.807, 2.05) is 78.0 Å². The van der Waals surface area contributed by atoms with Gasteiger partial charge in [-0.2, -0.15) is 9.97 Å². The third-order valence-corrected chi connectivity index (χ3v) is 27.0. The number of hydrogen-bond donors (Lipinski definition) is 2. The van der Waals surface area contributed by atoms with Crippen molar-refractivity contribution in [3.05, 3.63) is 82.9 Å². The monoisotopic (exact) mass is 1630 g/mol. The Morgan fingerprint density at radius 2 is 0.911 bits per heavy atom. The first-order chi connectivity index (χ1) is 52.5. The number of aromatic nitrogens is 2. The first kappa shape index (κ1) is 85.5. The molecular weight excluding hydrogens is 1520 g/mol. The summed E-state index contributed by atoms with van der Waals surface area (Å²) in [5.41, 5.74) is -4.06. The number of halogens is 2. The van der Waals surface area contributed by atoms with Gasteiger partial charge in [0.1, 0.15) is 23.4 Å². The van der Waals surface area contributed by atoms with E-state index >= 15 is 0 Å². The number of carbonyl (C=O) groups is 8. The molecule has 28 heteroatoms. The number of rotatable bonds is 18. The molecule has 2 aromatic heterocycles. The lowest BCUT2D eigenvalue weighted by atomic mass is 9.82. The van der Waals surface area contributed by atoms with Gasteiger partial charge < -0.3 is 38.2 Å². The molecule has 14 atom stereocenters. The van der Waals surface area contributed by atoms with Crippen LogP contribution < -0.4 is 28.4 Å². The van der Waals surface area contributed by atoms with Crippen LogP contribution >= 0.6 is 23.2 Å². The van der Waals surface area contributed by atoms with Gasteiger partial charge in [-0.05, 0) is 206 Å². The summed E-state index contributed by atoms with van der Waals surface area (Å²) in [6.45, 7) is 26.4. The molecule has 0 unspecified atom stereocenters. The zero-order valence-electron chi connectivity index (χ0n) is 67.0. The smallest absolute Gasteiger partial charge is 0.307 e. The fraction of sp³-hybridized carbons (Fsp3) is 0.643. The number of hydrogen-bond acceptors (Lipinski definition) is 20. The molecule has 0 bridgehead atoms. The lowest BCUT2D eigenvalue weighted by molar-refractivity contribution is -0.160. The molecule has 0 radical (unpaired) electrons. The van der Waals surface area contributed by atoms with Crippen LogP contribution in [0.1, 0.15) is 213 Å². The Labute approximate surface area is 669 Å². The fourth-order valence-electron chi connectivity index (χ4n) is 16.6. The maximum atomic E-state index is 14.9. The van der Waals surface area contributed by atoms with Crippen LogP contribution in [0.3, 0.4) is 0 Å². The number of fused-ring (bicyclic) bond motifs is 6. The number of ether oxygens (including phenoxy) is 6. The Bertz CT molecular complexity index is 4270. The average Bonchev–Trinajstić information content (AvgIpc) is 1.57. The molecule has 0 spiro atoms. The van der Waals surface area contributed by atoms with Gasteiger partial charge in [-0.1, -0.05) is 87.3 Å². The second-order valence-electron chi connectivity index (χ2n) is 35.5. The zero-order chi connectivity index (χ0) is 81.5. The SMILES string of the molecule is CC(C)Oc1cc2c(Cl)cccc2c(O[C@@H]2C[C@H]3C(=O)C[C@]4(C(=O)NS(=O)(=O)C5CC5)C[C@H]4/C=C\CC[C@@H](C)C[C@@H](C)[C@H](CC(=O)OC(C)(C)C)C(=O)N3C2)n1.CC(C)Oc1cc2c(Cl)cccc2c(O[C@@H]2C[C@H]3C(=O)C[C@]4(C(=O)NS(=O)(=O)C5CC5)C[C@H]4/C=C\CC[C@H](C)C[C@@H](C)[C@H](CC(=O)OC(C)(C)C)C(=O)N3C2)n1. The van der Waals surface area contributed by atoms with Gasteiger partial charge in [0.15, 0.2) is 11.6 Å². The summed E-state index contributed by atoms with van der Waals surface area (Å²) in [6, 6.07) is 12.2. The van der Waals surface area contributed by atoms with Crippen LogP contribution in [0.25, 0.3) is 21.5 Å². The number of nitrogens with zero attached hydrogens (tertiary/aromatic N) is 4. The number of ketones is 2. The molecule has 4 saturated carbocycles. The Balaban J connectivity index is 0.000000221. The van der Waals surface area contributed by atoms with Gasteiger partial charge in [-0.3, -0.25) is 47.8 Å². The Morgan fingerprint density at radius 1 is 0.545 bits per heavy atom. The second-order valence-corrected chi connectivity index (χ2v) is 40.2. The summed E-state index contributed by atoms with van der Waals surface area (Å²) in [4.78, 5) is 126. The minimum Gasteiger partial charge on any atom is -0.475 e. The summed E-state index contributed by atoms with van der Waals surface area (Å²) in [5, 5.41) is 2.31. The van der Waals surface area contributed by atoms with Crippen molar-refractivity contribution >= 4 is 112 Å². The third-order valence-electron chi connectivity index (χ3n) is 22.7. The highest BCUT2D eigenvalue weighted by Gasteiger charge is 2.64. The van der Waals surface area contributed by atoms with Gasteiger partial charge in [0, 0.05) is 69.4 Å². The largest absolute Gasteiger partial charge is 0.475 e. The number of nitrogens with one attached hydrogen (secondary N) is 2. The minimum atomic E-state index is -3.87. The van der Waals surface area contributed by atoms with Gasteiger partial charge in [-0.15, -0.1) is 0 Å². The van der Waals surface area contributed by atoms with Crippen molar-refractivity contribution in [2.45, 2.75) is 271 Å². The molecule has 112 heavy (non-hydrogen) atoms. The molecule has 12 rings (SSSR count). The number of sulfonamides is 2. The maximum absolute atomic E-state index is 14.9. The predicted octanol–water partition coefficient (Wildman–Crippen LogP) is 13.9. The number of allylic oxidation sites excluding steroid dienone is 4. The summed E-state index contributed by atoms with van der Waals surface area (Å²) in [6.07, 6.45) is 12.4. The van der Waals surface area contributed by atoms with Crippen molar-refractivity contribution in [2.24, 2.45) is 58.2 Å². The molecule has 612 valence electrons. The number of esters is 2. The van der Waals surface area contributed by atoms with E-state index in [0.29, 0.717) is 108 Å². The van der Waals surface area contributed by atoms with Gasteiger partial charge in [0.25, 0.3) is 0 Å². The molecule has 4 amide bonds. The predicted molar refractivity (Wildman–Crippen MR) is 425 cm³/mol. The van der Waals surface area contributed by atoms with Gasteiger partial charge >= 0.3 is 11.9 Å². The molecular formula is C84H112Cl2N6O18S2. The van der Waals surface area contributed by atoms with Crippen molar-refractivity contribution in [2.75, 3.05) is 13.1 Å². The van der Waals surface area contributed by atoms with Crippen molar-refractivity contribution < 1.29 is 83.6 Å². The molecule has 4 aliphatic heterocycles. The number of carbonyl (C=O) groups excluding carboxylic acids is 8. The van der Waals surface area contributed by atoms with E-state index in [0.717, 1.165) is 12.8 Å². The van der Waals surface area contributed by atoms with Crippen molar-refractivity contribution in [3.63, 3.8) is 0 Å². The van der Waals surface area contributed by atoms with E-state index in [1.54, 1.807) is 77.9 Å². The molecule has 2 saturated heterocycles. The molecule has 2 aromatic carbocycles. The molecule has 2 N–H and O–H groups in total. The highest BCUT2D eigenvalue weighted by molar-refractivity contribution is 7.91. The molecule has 6 heterocycles. The van der Waals surface area contributed by atoms with Crippen molar-refractivity contribution in [3.8, 4) is 23.5 Å². The van der Waals surface area contributed by atoms with Crippen LogP contribution in [0.2, 0.25) is 10.0 Å². The van der Waals surface area contributed by atoms with E-state index in [4.69, 9.17) is 51.6 Å². The molecule has 24 nitrogen and oxygen atoms in total. The second kappa shape index (κ2) is 34.2. The van der Waals surface area contributed by atoms with E-state index < -0.39 is 112 Å². The standard InChI is InChI=1S/2C42H56ClN3O9S/c2*1-24(2)53-36-19-32-30(13-10-14-33(32)43)38(44-36)54-28-18-34-35(47)22-42(40(50)45-56(51,52)29-15-16-29)21-27(42)12-9-8-11-25(3)17-26(4)31(39(49)46(34)23-28)20-37(48)55-41(5,6)7/h2*9-10,12-14,19,24-29,31,34H,8,11,15-18,20-23H2,1-7H3,(H,45,50)/b2*12-9-/t25-,26+,27+,28+,31-,34-,42+;25-,26-,27-,28-,31+,34+,42-/m01/s1. The van der Waals surface area contributed by atoms with E-state index in [2.05, 4.69) is 33.3 Å². The maximum Gasteiger partial charge on any atom is 0.307 e.